The summed E-state index contributed by atoms with van der Waals surface area (Å²) in [5.41, 5.74) is 0. The lowest BCUT2D eigenvalue weighted by molar-refractivity contribution is -0.285. The zero-order valence-corrected chi connectivity index (χ0v) is 9.17. The highest BCUT2D eigenvalue weighted by atomic mass is 28.3. The van der Waals surface area contributed by atoms with E-state index in [1.165, 1.54) is 0 Å². The summed E-state index contributed by atoms with van der Waals surface area (Å²) in [5.74, 6) is 0. The number of alkyl halides is 3. The maximum atomic E-state index is 11.8. The van der Waals surface area contributed by atoms with Crippen molar-refractivity contribution in [2.24, 2.45) is 0 Å². The zero-order chi connectivity index (χ0) is 10.5. The van der Waals surface area contributed by atoms with Crippen LogP contribution in [0, 0.1) is 0 Å². The summed E-state index contributed by atoms with van der Waals surface area (Å²) >= 11 is 0. The van der Waals surface area contributed by atoms with Crippen LogP contribution in [-0.4, -0.2) is 21.8 Å². The average Bonchev–Trinajstić information content (AvgIpc) is 1.81. The SMILES string of the molecule is CCC[SiH](OC(C)C)OC(F)(F)F. The molecule has 0 spiro atoms. The van der Waals surface area contributed by atoms with E-state index in [-0.39, 0.29) is 6.10 Å². The van der Waals surface area contributed by atoms with E-state index in [1.54, 1.807) is 13.8 Å². The van der Waals surface area contributed by atoms with Gasteiger partial charge in [-0.15, -0.1) is 13.2 Å². The summed E-state index contributed by atoms with van der Waals surface area (Å²) < 4.78 is 44.4. The third-order valence-corrected chi connectivity index (χ3v) is 3.64. The minimum Gasteiger partial charge on any atom is -0.394 e. The predicted molar refractivity (Wildman–Crippen MR) is 45.6 cm³/mol. The molecule has 0 aliphatic rings. The molecule has 0 saturated carbocycles. The highest BCUT2D eigenvalue weighted by Gasteiger charge is 2.34. The van der Waals surface area contributed by atoms with Crippen LogP contribution >= 0.6 is 0 Å². The number of hydrogen-bond donors (Lipinski definition) is 0. The first kappa shape index (κ1) is 12.9. The van der Waals surface area contributed by atoms with Crippen molar-refractivity contribution in [3.8, 4) is 0 Å². The van der Waals surface area contributed by atoms with Gasteiger partial charge in [0.1, 0.15) is 0 Å². The van der Waals surface area contributed by atoms with Crippen LogP contribution in [-0.2, 0) is 8.85 Å². The van der Waals surface area contributed by atoms with E-state index in [0.717, 1.165) is 0 Å². The molecule has 0 rings (SSSR count). The monoisotopic (exact) mass is 216 g/mol. The van der Waals surface area contributed by atoms with Crippen molar-refractivity contribution in [3.63, 3.8) is 0 Å². The summed E-state index contributed by atoms with van der Waals surface area (Å²) in [6.45, 7) is 5.22. The molecule has 0 aliphatic carbocycles. The van der Waals surface area contributed by atoms with Crippen molar-refractivity contribution in [1.82, 2.24) is 0 Å². The molecule has 0 aromatic carbocycles. The average molecular weight is 216 g/mol. The predicted octanol–water partition coefficient (Wildman–Crippen LogP) is 2.58. The van der Waals surface area contributed by atoms with Gasteiger partial charge >= 0.3 is 15.6 Å². The minimum atomic E-state index is -4.55. The van der Waals surface area contributed by atoms with Crippen molar-refractivity contribution in [3.05, 3.63) is 0 Å². The minimum absolute atomic E-state index is 0.203. The quantitative estimate of drug-likeness (QED) is 0.658. The van der Waals surface area contributed by atoms with Crippen LogP contribution in [0.5, 0.6) is 0 Å². The molecule has 1 atom stereocenters. The topological polar surface area (TPSA) is 18.5 Å². The maximum absolute atomic E-state index is 11.8. The molecule has 0 aromatic rings. The molecule has 0 fully saturated rings. The fourth-order valence-electron chi connectivity index (χ4n) is 0.843. The van der Waals surface area contributed by atoms with Gasteiger partial charge in [-0.1, -0.05) is 13.3 Å². The molecule has 0 amide bonds. The highest BCUT2D eigenvalue weighted by Crippen LogP contribution is 2.20. The Kier molecular flexibility index (Phi) is 5.58. The normalized spacial score (nSPS) is 15.0. The van der Waals surface area contributed by atoms with Crippen LogP contribution in [0.4, 0.5) is 13.2 Å². The Morgan fingerprint density at radius 1 is 1.31 bits per heavy atom. The zero-order valence-electron chi connectivity index (χ0n) is 8.02. The fraction of sp³-hybridized carbons (Fsp3) is 1.00. The van der Waals surface area contributed by atoms with Gasteiger partial charge in [0.2, 0.25) is 0 Å². The summed E-state index contributed by atoms with van der Waals surface area (Å²) in [5, 5.41) is 0. The second-order valence-electron chi connectivity index (χ2n) is 2.97. The first-order chi connectivity index (χ1) is 5.85. The highest BCUT2D eigenvalue weighted by molar-refractivity contribution is 6.44. The first-order valence-electron chi connectivity index (χ1n) is 4.25. The molecule has 0 radical (unpaired) electrons. The van der Waals surface area contributed by atoms with E-state index in [1.807, 2.05) is 6.92 Å². The van der Waals surface area contributed by atoms with E-state index in [2.05, 4.69) is 4.43 Å². The van der Waals surface area contributed by atoms with E-state index >= 15 is 0 Å². The van der Waals surface area contributed by atoms with Gasteiger partial charge in [-0.25, -0.2) is 0 Å². The lowest BCUT2D eigenvalue weighted by Gasteiger charge is -2.19. The molecule has 0 N–H and O–H groups in total. The Morgan fingerprint density at radius 3 is 2.15 bits per heavy atom. The van der Waals surface area contributed by atoms with E-state index < -0.39 is 15.6 Å². The molecule has 0 aliphatic heterocycles. The number of halogens is 3. The van der Waals surface area contributed by atoms with Crippen molar-refractivity contribution in [2.75, 3.05) is 0 Å². The smallest absolute Gasteiger partial charge is 0.394 e. The summed E-state index contributed by atoms with van der Waals surface area (Å²) in [7, 11) is -2.54. The van der Waals surface area contributed by atoms with Gasteiger partial charge in [0, 0.05) is 6.10 Å². The molecule has 80 valence electrons. The number of hydrogen-bond acceptors (Lipinski definition) is 2. The lowest BCUT2D eigenvalue weighted by Crippen LogP contribution is -2.32. The molecule has 1 unspecified atom stereocenters. The van der Waals surface area contributed by atoms with Crippen LogP contribution in [0.25, 0.3) is 0 Å². The van der Waals surface area contributed by atoms with Crippen LogP contribution in [0.3, 0.4) is 0 Å². The Balaban J connectivity index is 3.94. The van der Waals surface area contributed by atoms with Crippen LogP contribution in [0.15, 0.2) is 0 Å². The Morgan fingerprint density at radius 2 is 1.85 bits per heavy atom. The fourth-order valence-corrected chi connectivity index (χ4v) is 2.53. The Labute approximate surface area is 77.9 Å². The first-order valence-corrected chi connectivity index (χ1v) is 6.01. The van der Waals surface area contributed by atoms with Gasteiger partial charge in [-0.3, -0.25) is 0 Å². The third-order valence-electron chi connectivity index (χ3n) is 1.21. The standard InChI is InChI=1S/C7H15F3O2Si/c1-4-5-13(11-6(2)3)12-7(8,9)10/h6,13H,4-5H2,1-3H3. The van der Waals surface area contributed by atoms with Crippen LogP contribution < -0.4 is 0 Å². The van der Waals surface area contributed by atoms with Gasteiger partial charge in [0.25, 0.3) is 0 Å². The van der Waals surface area contributed by atoms with E-state index in [0.29, 0.717) is 12.5 Å². The van der Waals surface area contributed by atoms with Gasteiger partial charge in [0.05, 0.1) is 0 Å². The van der Waals surface area contributed by atoms with Crippen molar-refractivity contribution < 1.29 is 22.0 Å². The van der Waals surface area contributed by atoms with Gasteiger partial charge in [-0.05, 0) is 19.9 Å². The Bertz CT molecular complexity index is 138. The molecular formula is C7H15F3O2Si. The van der Waals surface area contributed by atoms with Gasteiger partial charge < -0.3 is 8.85 Å². The van der Waals surface area contributed by atoms with Gasteiger partial charge in [-0.2, -0.15) is 0 Å². The lowest BCUT2D eigenvalue weighted by atomic mass is 10.5. The summed E-state index contributed by atoms with van der Waals surface area (Å²) in [4.78, 5) is 0. The summed E-state index contributed by atoms with van der Waals surface area (Å²) in [6, 6.07) is 0.387. The molecule has 0 saturated heterocycles. The maximum Gasteiger partial charge on any atom is 0.514 e. The van der Waals surface area contributed by atoms with E-state index in [4.69, 9.17) is 4.43 Å². The largest absolute Gasteiger partial charge is 0.514 e. The molecule has 0 heterocycles. The molecule has 13 heavy (non-hydrogen) atoms. The van der Waals surface area contributed by atoms with Gasteiger partial charge in [0.15, 0.2) is 0 Å². The molecule has 6 heteroatoms. The second kappa shape index (κ2) is 5.61. The third kappa shape index (κ3) is 8.26. The molecule has 0 bridgehead atoms. The van der Waals surface area contributed by atoms with Crippen molar-refractivity contribution in [1.29, 1.82) is 0 Å². The molecular weight excluding hydrogens is 201 g/mol. The number of rotatable bonds is 5. The Hall–Kier alpha value is -0.0731. The second-order valence-corrected chi connectivity index (χ2v) is 4.91. The molecule has 2 nitrogen and oxygen atoms in total. The van der Waals surface area contributed by atoms with Crippen molar-refractivity contribution >= 4 is 9.28 Å². The summed E-state index contributed by atoms with van der Waals surface area (Å²) in [6.07, 6.45) is -4.11. The van der Waals surface area contributed by atoms with Crippen molar-refractivity contribution in [2.45, 2.75) is 45.7 Å². The van der Waals surface area contributed by atoms with Crippen LogP contribution in [0.2, 0.25) is 6.04 Å². The molecule has 0 aromatic heterocycles. The van der Waals surface area contributed by atoms with E-state index in [9.17, 15) is 13.2 Å². The van der Waals surface area contributed by atoms with Crippen LogP contribution in [0.1, 0.15) is 27.2 Å².